The summed E-state index contributed by atoms with van der Waals surface area (Å²) in [5.74, 6) is -0.199. The maximum Gasteiger partial charge on any atom is 0.255 e. The summed E-state index contributed by atoms with van der Waals surface area (Å²) >= 11 is 0. The molecular weight excluding hydrogens is 268 g/mol. The van der Waals surface area contributed by atoms with Gasteiger partial charge in [0.2, 0.25) is 0 Å². The Morgan fingerprint density at radius 1 is 1.29 bits per heavy atom. The Labute approximate surface area is 125 Å². The van der Waals surface area contributed by atoms with Gasteiger partial charge in [-0.3, -0.25) is 4.79 Å². The lowest BCUT2D eigenvalue weighted by atomic mass is 9.91. The van der Waals surface area contributed by atoms with Gasteiger partial charge in [-0.1, -0.05) is 30.3 Å². The first-order chi connectivity index (χ1) is 10.2. The molecule has 21 heavy (non-hydrogen) atoms. The number of hydrogen-bond acceptors (Lipinski definition) is 4. The molecule has 0 unspecified atom stereocenters. The largest absolute Gasteiger partial charge is 0.395 e. The lowest BCUT2D eigenvalue weighted by molar-refractivity contribution is -0.156. The second kappa shape index (κ2) is 7.54. The van der Waals surface area contributed by atoms with E-state index in [2.05, 4.69) is 5.32 Å². The van der Waals surface area contributed by atoms with Gasteiger partial charge in [0.1, 0.15) is 0 Å². The number of aliphatic hydroxyl groups is 2. The summed E-state index contributed by atoms with van der Waals surface area (Å²) in [4.78, 5) is 14.2. The van der Waals surface area contributed by atoms with E-state index in [0.29, 0.717) is 26.1 Å². The van der Waals surface area contributed by atoms with Crippen LogP contribution in [-0.4, -0.2) is 59.4 Å². The third-order valence-electron chi connectivity index (χ3n) is 3.92. The zero-order valence-electron chi connectivity index (χ0n) is 12.3. The molecule has 0 aliphatic carbocycles. The molecule has 0 aromatic heterocycles. The highest BCUT2D eigenvalue weighted by atomic mass is 16.3. The molecule has 1 aromatic rings. The van der Waals surface area contributed by atoms with E-state index in [0.717, 1.165) is 12.8 Å². The molecule has 1 amide bonds. The average molecular weight is 292 g/mol. The molecule has 0 saturated carbocycles. The Balaban J connectivity index is 1.90. The molecule has 0 bridgehead atoms. The monoisotopic (exact) mass is 292 g/mol. The number of amides is 1. The Morgan fingerprint density at radius 3 is 2.76 bits per heavy atom. The van der Waals surface area contributed by atoms with Crippen LogP contribution in [0.2, 0.25) is 0 Å². The van der Waals surface area contributed by atoms with Crippen LogP contribution in [0.1, 0.15) is 18.4 Å². The molecule has 5 heteroatoms. The van der Waals surface area contributed by atoms with Crippen molar-refractivity contribution < 1.29 is 15.0 Å². The van der Waals surface area contributed by atoms with Crippen molar-refractivity contribution in [2.24, 2.45) is 0 Å². The van der Waals surface area contributed by atoms with Crippen LogP contribution in [0.5, 0.6) is 0 Å². The van der Waals surface area contributed by atoms with Crippen LogP contribution in [0.25, 0.3) is 0 Å². The third-order valence-corrected chi connectivity index (χ3v) is 3.92. The fourth-order valence-electron chi connectivity index (χ4n) is 2.73. The number of nitrogens with one attached hydrogen (secondary N) is 1. The number of nitrogens with zero attached hydrogens (tertiary/aromatic N) is 1. The SMILES string of the molecule is O=C1N(CCc2ccccc2)CCC[C@]1(O)CNCCO. The summed E-state index contributed by atoms with van der Waals surface area (Å²) in [6, 6.07) is 10.0. The molecule has 1 aliphatic heterocycles. The number of aliphatic hydroxyl groups excluding tert-OH is 1. The van der Waals surface area contributed by atoms with Crippen LogP contribution in [0.15, 0.2) is 30.3 Å². The van der Waals surface area contributed by atoms with E-state index in [1.54, 1.807) is 4.90 Å². The number of piperidine rings is 1. The lowest BCUT2D eigenvalue weighted by Crippen LogP contribution is -2.58. The van der Waals surface area contributed by atoms with Gasteiger partial charge in [-0.25, -0.2) is 0 Å². The minimum Gasteiger partial charge on any atom is -0.395 e. The minimum absolute atomic E-state index is 0.00198. The Morgan fingerprint density at radius 2 is 2.05 bits per heavy atom. The zero-order chi connectivity index (χ0) is 15.1. The molecule has 0 spiro atoms. The average Bonchev–Trinajstić information content (AvgIpc) is 2.50. The van der Waals surface area contributed by atoms with Gasteiger partial charge in [0.25, 0.3) is 5.91 Å². The Hall–Kier alpha value is -1.43. The second-order valence-electron chi connectivity index (χ2n) is 5.56. The van der Waals surface area contributed by atoms with E-state index in [1.807, 2.05) is 30.3 Å². The molecule has 1 fully saturated rings. The van der Waals surface area contributed by atoms with Gasteiger partial charge in [0, 0.05) is 26.2 Å². The van der Waals surface area contributed by atoms with Crippen molar-refractivity contribution in [1.82, 2.24) is 10.2 Å². The Bertz CT molecular complexity index is 452. The van der Waals surface area contributed by atoms with E-state index in [1.165, 1.54) is 5.56 Å². The van der Waals surface area contributed by atoms with Crippen LogP contribution in [-0.2, 0) is 11.2 Å². The van der Waals surface area contributed by atoms with Crippen molar-refractivity contribution in [2.75, 3.05) is 32.8 Å². The number of likely N-dealkylation sites (tertiary alicyclic amines) is 1. The molecule has 5 nitrogen and oxygen atoms in total. The van der Waals surface area contributed by atoms with Crippen LogP contribution in [0.4, 0.5) is 0 Å². The maximum absolute atomic E-state index is 12.4. The summed E-state index contributed by atoms with van der Waals surface area (Å²) in [5, 5.41) is 22.2. The van der Waals surface area contributed by atoms with E-state index in [4.69, 9.17) is 5.11 Å². The minimum atomic E-state index is -1.33. The van der Waals surface area contributed by atoms with Crippen LogP contribution in [0.3, 0.4) is 0 Å². The van der Waals surface area contributed by atoms with E-state index < -0.39 is 5.60 Å². The molecule has 0 radical (unpaired) electrons. The summed E-state index contributed by atoms with van der Waals surface area (Å²) in [6.07, 6.45) is 2.08. The zero-order valence-corrected chi connectivity index (χ0v) is 12.3. The van der Waals surface area contributed by atoms with E-state index >= 15 is 0 Å². The van der Waals surface area contributed by atoms with Gasteiger partial charge in [0.05, 0.1) is 6.61 Å². The molecule has 3 N–H and O–H groups in total. The van der Waals surface area contributed by atoms with Crippen molar-refractivity contribution in [1.29, 1.82) is 0 Å². The first kappa shape index (κ1) is 15.9. The summed E-state index contributed by atoms with van der Waals surface area (Å²) in [6.45, 7) is 1.93. The highest BCUT2D eigenvalue weighted by Gasteiger charge is 2.41. The highest BCUT2D eigenvalue weighted by Crippen LogP contribution is 2.22. The molecule has 1 aromatic carbocycles. The topological polar surface area (TPSA) is 72.8 Å². The van der Waals surface area contributed by atoms with Gasteiger partial charge in [-0.2, -0.15) is 0 Å². The molecule has 2 rings (SSSR count). The number of hydrogen-bond donors (Lipinski definition) is 3. The predicted molar refractivity (Wildman–Crippen MR) is 80.9 cm³/mol. The fourth-order valence-corrected chi connectivity index (χ4v) is 2.73. The number of benzene rings is 1. The fraction of sp³-hybridized carbons (Fsp3) is 0.562. The van der Waals surface area contributed by atoms with E-state index in [9.17, 15) is 9.90 Å². The highest BCUT2D eigenvalue weighted by molar-refractivity contribution is 5.86. The third kappa shape index (κ3) is 4.27. The predicted octanol–water partition coefficient (Wildman–Crippen LogP) is 0.164. The van der Waals surface area contributed by atoms with Gasteiger partial charge in [-0.15, -0.1) is 0 Å². The number of carbonyl (C=O) groups is 1. The van der Waals surface area contributed by atoms with E-state index in [-0.39, 0.29) is 19.1 Å². The molecule has 116 valence electrons. The summed E-state index contributed by atoms with van der Waals surface area (Å²) in [5.41, 5.74) is -0.137. The number of rotatable bonds is 7. The normalized spacial score (nSPS) is 22.6. The summed E-state index contributed by atoms with van der Waals surface area (Å²) in [7, 11) is 0. The molecular formula is C16H24N2O3. The van der Waals surface area contributed by atoms with Gasteiger partial charge in [0.15, 0.2) is 5.60 Å². The molecule has 1 atom stereocenters. The van der Waals surface area contributed by atoms with Crippen molar-refractivity contribution >= 4 is 5.91 Å². The van der Waals surface area contributed by atoms with Crippen molar-refractivity contribution in [3.8, 4) is 0 Å². The van der Waals surface area contributed by atoms with Crippen LogP contribution < -0.4 is 5.32 Å². The van der Waals surface area contributed by atoms with Crippen LogP contribution in [0, 0.1) is 0 Å². The van der Waals surface area contributed by atoms with Gasteiger partial charge < -0.3 is 20.4 Å². The first-order valence-corrected chi connectivity index (χ1v) is 7.53. The van der Waals surface area contributed by atoms with Crippen molar-refractivity contribution in [2.45, 2.75) is 24.9 Å². The van der Waals surface area contributed by atoms with Crippen molar-refractivity contribution in [3.63, 3.8) is 0 Å². The Kier molecular flexibility index (Phi) is 5.73. The molecule has 1 aliphatic rings. The smallest absolute Gasteiger partial charge is 0.255 e. The second-order valence-corrected chi connectivity index (χ2v) is 5.56. The maximum atomic E-state index is 12.4. The molecule has 1 saturated heterocycles. The quantitative estimate of drug-likeness (QED) is 0.626. The summed E-state index contributed by atoms with van der Waals surface area (Å²) < 4.78 is 0. The lowest BCUT2D eigenvalue weighted by Gasteiger charge is -2.38. The standard InChI is InChI=1S/C16H24N2O3/c19-12-9-17-13-16(21)8-4-10-18(15(16)20)11-7-14-5-2-1-3-6-14/h1-3,5-6,17,19,21H,4,7-13H2/t16-/m0/s1. The molecule has 1 heterocycles. The van der Waals surface area contributed by atoms with Gasteiger partial charge in [-0.05, 0) is 24.8 Å². The number of carbonyl (C=O) groups excluding carboxylic acids is 1. The van der Waals surface area contributed by atoms with Crippen LogP contribution >= 0.6 is 0 Å². The van der Waals surface area contributed by atoms with Gasteiger partial charge >= 0.3 is 0 Å². The first-order valence-electron chi connectivity index (χ1n) is 7.53. The van der Waals surface area contributed by atoms with Crippen molar-refractivity contribution in [3.05, 3.63) is 35.9 Å².